The fourth-order valence-corrected chi connectivity index (χ4v) is 5.84. The van der Waals surface area contributed by atoms with Gasteiger partial charge in [-0.1, -0.05) is 56.3 Å². The van der Waals surface area contributed by atoms with Crippen LogP contribution in [0.3, 0.4) is 0 Å². The van der Waals surface area contributed by atoms with Crippen molar-refractivity contribution in [1.29, 1.82) is 0 Å². The predicted octanol–water partition coefficient (Wildman–Crippen LogP) is 6.08. The molecule has 0 bridgehead atoms. The summed E-state index contributed by atoms with van der Waals surface area (Å²) in [6.45, 7) is 6.57. The third kappa shape index (κ3) is 4.95. The van der Waals surface area contributed by atoms with E-state index in [4.69, 9.17) is 4.74 Å². The molecule has 35 heavy (non-hydrogen) atoms. The molecular weight excluding hydrogens is 462 g/mol. The number of hydrogen-bond donors (Lipinski definition) is 1. The molecule has 0 aliphatic heterocycles. The van der Waals surface area contributed by atoms with Crippen molar-refractivity contribution in [1.82, 2.24) is 3.97 Å². The topological polar surface area (TPSA) is 85.6 Å². The number of ether oxygens (including phenoxy) is 1. The quantitative estimate of drug-likeness (QED) is 0.306. The minimum Gasteiger partial charge on any atom is -0.494 e. The van der Waals surface area contributed by atoms with E-state index in [0.717, 1.165) is 5.56 Å². The van der Waals surface area contributed by atoms with Crippen molar-refractivity contribution in [3.63, 3.8) is 0 Å². The molecule has 0 aliphatic rings. The summed E-state index contributed by atoms with van der Waals surface area (Å²) in [5.41, 5.74) is 3.74. The van der Waals surface area contributed by atoms with Crippen molar-refractivity contribution in [2.24, 2.45) is 0 Å². The summed E-state index contributed by atoms with van der Waals surface area (Å²) < 4.78 is 34.9. The molecule has 0 saturated heterocycles. The number of carbonyl (C=O) groups is 1. The molecule has 0 radical (unpaired) electrons. The SMILES string of the molecule is CCOc1ccc2c(c1)c(CCC(=O)O)cn2S(=O)(=O)c1ccccc1-c1ccc(C(C)C)cc1. The molecule has 0 aliphatic carbocycles. The van der Waals surface area contributed by atoms with E-state index in [1.54, 1.807) is 30.3 Å². The zero-order valence-electron chi connectivity index (χ0n) is 20.1. The van der Waals surface area contributed by atoms with Crippen LogP contribution < -0.4 is 4.74 Å². The molecule has 0 unspecified atom stereocenters. The average Bonchev–Trinajstić information content (AvgIpc) is 3.22. The van der Waals surface area contributed by atoms with Crippen LogP contribution in [0.2, 0.25) is 0 Å². The molecule has 1 heterocycles. The number of fused-ring (bicyclic) bond motifs is 1. The second-order valence-electron chi connectivity index (χ2n) is 8.73. The van der Waals surface area contributed by atoms with Crippen LogP contribution in [0.5, 0.6) is 5.75 Å². The highest BCUT2D eigenvalue weighted by atomic mass is 32.2. The van der Waals surface area contributed by atoms with Crippen LogP contribution in [-0.2, 0) is 21.2 Å². The van der Waals surface area contributed by atoms with Gasteiger partial charge in [-0.3, -0.25) is 4.79 Å². The highest BCUT2D eigenvalue weighted by molar-refractivity contribution is 7.90. The highest BCUT2D eigenvalue weighted by Crippen LogP contribution is 2.34. The number of aromatic nitrogens is 1. The minimum atomic E-state index is -3.99. The first-order valence-corrected chi connectivity index (χ1v) is 13.1. The first kappa shape index (κ1) is 24.5. The fourth-order valence-electron chi connectivity index (χ4n) is 4.22. The number of aliphatic carboxylic acids is 1. The summed E-state index contributed by atoms with van der Waals surface area (Å²) in [5.74, 6) is 0.0438. The number of aryl methyl sites for hydroxylation is 1. The molecule has 0 saturated carbocycles. The Morgan fingerprint density at radius 1 is 1.03 bits per heavy atom. The number of carboxylic acid groups (broad SMARTS) is 1. The Labute approximate surface area is 205 Å². The number of carboxylic acids is 1. The van der Waals surface area contributed by atoms with E-state index < -0.39 is 16.0 Å². The minimum absolute atomic E-state index is 0.100. The number of nitrogens with zero attached hydrogens (tertiary/aromatic N) is 1. The maximum Gasteiger partial charge on any atom is 0.303 e. The van der Waals surface area contributed by atoms with Crippen molar-refractivity contribution in [2.75, 3.05) is 6.61 Å². The molecule has 7 heteroatoms. The van der Waals surface area contributed by atoms with E-state index in [1.807, 2.05) is 43.3 Å². The van der Waals surface area contributed by atoms with Crippen LogP contribution in [0, 0.1) is 0 Å². The first-order valence-electron chi connectivity index (χ1n) is 11.7. The van der Waals surface area contributed by atoms with Gasteiger partial charge in [0, 0.05) is 23.6 Å². The van der Waals surface area contributed by atoms with Gasteiger partial charge < -0.3 is 9.84 Å². The van der Waals surface area contributed by atoms with Crippen LogP contribution >= 0.6 is 0 Å². The lowest BCUT2D eigenvalue weighted by molar-refractivity contribution is -0.136. The second kappa shape index (κ2) is 9.96. The van der Waals surface area contributed by atoms with Gasteiger partial charge >= 0.3 is 5.97 Å². The number of benzene rings is 3. The van der Waals surface area contributed by atoms with Gasteiger partial charge in [0.05, 0.1) is 17.0 Å². The molecule has 0 fully saturated rings. The number of hydrogen-bond acceptors (Lipinski definition) is 4. The Kier molecular flexibility index (Phi) is 6.98. The molecule has 1 aromatic heterocycles. The summed E-state index contributed by atoms with van der Waals surface area (Å²) in [6, 6.07) is 20.1. The summed E-state index contributed by atoms with van der Waals surface area (Å²) in [6.07, 6.45) is 1.65. The van der Waals surface area contributed by atoms with Crippen LogP contribution in [-0.4, -0.2) is 30.1 Å². The molecule has 0 amide bonds. The van der Waals surface area contributed by atoms with Gasteiger partial charge in [0.25, 0.3) is 10.0 Å². The molecule has 3 aromatic carbocycles. The lowest BCUT2D eigenvalue weighted by atomic mass is 9.99. The third-order valence-corrected chi connectivity index (χ3v) is 7.79. The Morgan fingerprint density at radius 3 is 2.40 bits per heavy atom. The molecule has 0 spiro atoms. The third-order valence-electron chi connectivity index (χ3n) is 6.06. The van der Waals surface area contributed by atoms with Gasteiger partial charge in [0.1, 0.15) is 5.75 Å². The Balaban J connectivity index is 1.87. The Bertz CT molecular complexity index is 1470. The zero-order chi connectivity index (χ0) is 25.2. The monoisotopic (exact) mass is 491 g/mol. The second-order valence-corrected chi connectivity index (χ2v) is 10.5. The van der Waals surface area contributed by atoms with Gasteiger partial charge in [-0.15, -0.1) is 0 Å². The molecular formula is C28H29NO5S. The maximum atomic E-state index is 14.0. The van der Waals surface area contributed by atoms with E-state index >= 15 is 0 Å². The largest absolute Gasteiger partial charge is 0.494 e. The van der Waals surface area contributed by atoms with Gasteiger partial charge in [-0.25, -0.2) is 12.4 Å². The lowest BCUT2D eigenvalue weighted by Crippen LogP contribution is -2.13. The summed E-state index contributed by atoms with van der Waals surface area (Å²) in [4.78, 5) is 11.4. The van der Waals surface area contributed by atoms with Crippen LogP contribution in [0.4, 0.5) is 0 Å². The predicted molar refractivity (Wildman–Crippen MR) is 138 cm³/mol. The van der Waals surface area contributed by atoms with Crippen LogP contribution in [0.1, 0.15) is 44.2 Å². The van der Waals surface area contributed by atoms with E-state index in [2.05, 4.69) is 13.8 Å². The summed E-state index contributed by atoms with van der Waals surface area (Å²) in [7, 11) is -3.99. The van der Waals surface area contributed by atoms with Crippen molar-refractivity contribution in [3.05, 3.63) is 84.1 Å². The first-order chi connectivity index (χ1) is 16.7. The Hall–Kier alpha value is -3.58. The molecule has 4 rings (SSSR count). The smallest absolute Gasteiger partial charge is 0.303 e. The summed E-state index contributed by atoms with van der Waals surface area (Å²) in [5, 5.41) is 9.86. The standard InChI is InChI=1S/C28H29NO5S/c1-4-34-23-14-15-26-25(17-23)22(13-16-28(30)31)18-29(26)35(32,33)27-8-6-5-7-24(27)21-11-9-20(10-12-21)19(2)3/h5-12,14-15,17-19H,4,13,16H2,1-3H3,(H,30,31). The van der Waals surface area contributed by atoms with Crippen molar-refractivity contribution in [3.8, 4) is 16.9 Å². The Morgan fingerprint density at radius 2 is 1.74 bits per heavy atom. The summed E-state index contributed by atoms with van der Waals surface area (Å²) >= 11 is 0. The highest BCUT2D eigenvalue weighted by Gasteiger charge is 2.25. The molecule has 182 valence electrons. The fraction of sp³-hybridized carbons (Fsp3) is 0.250. The van der Waals surface area contributed by atoms with Gasteiger partial charge in [0.15, 0.2) is 0 Å². The van der Waals surface area contributed by atoms with E-state index in [-0.39, 0.29) is 17.7 Å². The average molecular weight is 492 g/mol. The normalized spacial score (nSPS) is 11.8. The van der Waals surface area contributed by atoms with Gasteiger partial charge in [-0.2, -0.15) is 0 Å². The lowest BCUT2D eigenvalue weighted by Gasteiger charge is -2.14. The molecule has 1 N–H and O–H groups in total. The van der Waals surface area contributed by atoms with Crippen LogP contribution in [0.15, 0.2) is 77.8 Å². The van der Waals surface area contributed by atoms with Crippen molar-refractivity contribution in [2.45, 2.75) is 44.4 Å². The van der Waals surface area contributed by atoms with Gasteiger partial charge in [-0.05, 0) is 60.2 Å². The van der Waals surface area contributed by atoms with E-state index in [0.29, 0.717) is 40.3 Å². The van der Waals surface area contributed by atoms with Gasteiger partial charge in [0.2, 0.25) is 0 Å². The molecule has 6 nitrogen and oxygen atoms in total. The van der Waals surface area contributed by atoms with E-state index in [1.165, 1.54) is 15.7 Å². The van der Waals surface area contributed by atoms with Crippen molar-refractivity contribution < 1.29 is 23.1 Å². The number of rotatable bonds is 9. The maximum absolute atomic E-state index is 14.0. The van der Waals surface area contributed by atoms with Crippen LogP contribution in [0.25, 0.3) is 22.0 Å². The molecule has 4 aromatic rings. The van der Waals surface area contributed by atoms with Crippen molar-refractivity contribution >= 4 is 26.9 Å². The van der Waals surface area contributed by atoms with E-state index in [9.17, 15) is 18.3 Å². The molecule has 0 atom stereocenters. The zero-order valence-corrected chi connectivity index (χ0v) is 20.9.